The fourth-order valence-electron chi connectivity index (χ4n) is 2.97. The Morgan fingerprint density at radius 3 is 2.51 bits per heavy atom. The van der Waals surface area contributed by atoms with Gasteiger partial charge in [0.1, 0.15) is 24.4 Å². The second-order valence-corrected chi connectivity index (χ2v) is 11.1. The van der Waals surface area contributed by atoms with Gasteiger partial charge in [-0.1, -0.05) is 11.8 Å². The molecular formula is C13H17FN5O13P3. The number of aliphatic hydroxyl groups is 2. The van der Waals surface area contributed by atoms with Crippen LogP contribution in [0.25, 0.3) is 11.2 Å². The lowest BCUT2D eigenvalue weighted by Crippen LogP contribution is -2.46. The highest BCUT2D eigenvalue weighted by Crippen LogP contribution is 2.66. The van der Waals surface area contributed by atoms with Gasteiger partial charge in [0.15, 0.2) is 17.5 Å². The van der Waals surface area contributed by atoms with E-state index in [1.54, 1.807) is 0 Å². The second kappa shape index (κ2) is 9.88. The molecule has 0 radical (unpaired) electrons. The molecule has 2 aromatic rings. The number of aromatic nitrogens is 4. The molecule has 1 aliphatic rings. The minimum Gasteiger partial charge on any atom is -0.386 e. The molecule has 18 nitrogen and oxygen atoms in total. The van der Waals surface area contributed by atoms with Crippen LogP contribution in [0.5, 0.6) is 0 Å². The molecule has 0 aromatic carbocycles. The highest BCUT2D eigenvalue weighted by molar-refractivity contribution is 7.66. The van der Waals surface area contributed by atoms with Gasteiger partial charge >= 0.3 is 23.5 Å². The number of fused-ring (bicyclic) bond motifs is 1. The summed E-state index contributed by atoms with van der Waals surface area (Å²) in [6, 6.07) is 0. The topological polar surface area (TPSA) is 279 Å². The lowest BCUT2D eigenvalue weighted by atomic mass is 9.94. The maximum atomic E-state index is 12.7. The third kappa shape index (κ3) is 6.47. The molecule has 2 aromatic heterocycles. The number of hydrogen-bond acceptors (Lipinski definition) is 13. The predicted octanol–water partition coefficient (Wildman–Crippen LogP) is -1.29. The van der Waals surface area contributed by atoms with E-state index in [1.165, 1.54) is 6.20 Å². The molecule has 1 aliphatic heterocycles. The maximum Gasteiger partial charge on any atom is 0.490 e. The van der Waals surface area contributed by atoms with Crippen molar-refractivity contribution in [3.8, 4) is 11.8 Å². The van der Waals surface area contributed by atoms with Crippen LogP contribution in [-0.4, -0.2) is 80.4 Å². The SMILES string of the molecule is Nc1ncc2ncn([C@@H]3O[C@H](COP(=O)(O)OP(=O)(O)OP(=O)(O)O)[C@H](O)C3(O)C#CCF)c2n1. The van der Waals surface area contributed by atoms with E-state index in [9.17, 15) is 38.1 Å². The molecule has 3 unspecified atom stereocenters. The summed E-state index contributed by atoms with van der Waals surface area (Å²) in [5.74, 6) is 3.83. The molecule has 194 valence electrons. The molecule has 8 N–H and O–H groups in total. The zero-order valence-electron chi connectivity index (χ0n) is 16.9. The Morgan fingerprint density at radius 2 is 1.89 bits per heavy atom. The number of rotatable bonds is 8. The van der Waals surface area contributed by atoms with E-state index in [-0.39, 0.29) is 17.1 Å². The van der Waals surface area contributed by atoms with Crippen molar-refractivity contribution in [2.45, 2.75) is 24.0 Å². The Balaban J connectivity index is 1.85. The maximum absolute atomic E-state index is 12.7. The van der Waals surface area contributed by atoms with Gasteiger partial charge in [0.05, 0.1) is 19.1 Å². The number of nitrogens with zero attached hydrogens (tertiary/aromatic N) is 4. The Morgan fingerprint density at radius 1 is 1.20 bits per heavy atom. The van der Waals surface area contributed by atoms with Crippen LogP contribution in [0.3, 0.4) is 0 Å². The second-order valence-electron chi connectivity index (χ2n) is 6.71. The number of halogens is 1. The van der Waals surface area contributed by atoms with Crippen molar-refractivity contribution >= 4 is 40.6 Å². The van der Waals surface area contributed by atoms with E-state index < -0.39 is 60.8 Å². The summed E-state index contributed by atoms with van der Waals surface area (Å²) in [6.45, 7) is -2.35. The van der Waals surface area contributed by atoms with Crippen LogP contribution < -0.4 is 5.73 Å². The number of aliphatic hydroxyl groups excluding tert-OH is 1. The van der Waals surface area contributed by atoms with Crippen molar-refractivity contribution in [3.05, 3.63) is 12.5 Å². The highest BCUT2D eigenvalue weighted by atomic mass is 31.3. The highest BCUT2D eigenvalue weighted by Gasteiger charge is 2.57. The van der Waals surface area contributed by atoms with Crippen molar-refractivity contribution in [2.24, 2.45) is 0 Å². The monoisotopic (exact) mass is 563 g/mol. The Hall–Kier alpha value is -1.87. The molecule has 6 atom stereocenters. The van der Waals surface area contributed by atoms with Gasteiger partial charge in [0, 0.05) is 0 Å². The van der Waals surface area contributed by atoms with Crippen molar-refractivity contribution in [1.29, 1.82) is 0 Å². The van der Waals surface area contributed by atoms with Crippen molar-refractivity contribution in [1.82, 2.24) is 19.5 Å². The first kappa shape index (κ1) is 27.7. The van der Waals surface area contributed by atoms with E-state index in [0.29, 0.717) is 0 Å². The number of imidazole rings is 1. The molecule has 35 heavy (non-hydrogen) atoms. The van der Waals surface area contributed by atoms with Gasteiger partial charge in [-0.2, -0.15) is 13.6 Å². The van der Waals surface area contributed by atoms with Crippen molar-refractivity contribution in [2.75, 3.05) is 19.0 Å². The first-order chi connectivity index (χ1) is 16.1. The normalized spacial score (nSPS) is 28.3. The Bertz CT molecular complexity index is 1310. The number of nitrogen functional groups attached to an aromatic ring is 1. The van der Waals surface area contributed by atoms with Gasteiger partial charge in [0.2, 0.25) is 5.95 Å². The van der Waals surface area contributed by atoms with E-state index in [0.717, 1.165) is 10.9 Å². The van der Waals surface area contributed by atoms with Crippen LogP contribution in [0.4, 0.5) is 10.3 Å². The standard InChI is InChI=1S/C13H17FN5O13P3/c14-3-1-2-13(21)9(20)8(5-29-34(25,26)32-35(27,28)31-33(22,23)24)30-11(13)19-6-17-7-4-16-12(15)18-10(7)19/h4,6,8-9,11,20-21H,3,5H2,(H,25,26)(H,27,28)(H2,15,16,18)(H2,22,23,24)/t8-,9+,11-,13?/m1/s1. The van der Waals surface area contributed by atoms with Gasteiger partial charge in [-0.05, 0) is 0 Å². The Labute approximate surface area is 193 Å². The molecule has 3 rings (SSSR count). The summed E-state index contributed by atoms with van der Waals surface area (Å²) in [6.07, 6.45) is -3.08. The van der Waals surface area contributed by atoms with Gasteiger partial charge in [-0.15, -0.1) is 0 Å². The van der Waals surface area contributed by atoms with Gasteiger partial charge in [-0.3, -0.25) is 9.09 Å². The lowest BCUT2D eigenvalue weighted by molar-refractivity contribution is -0.0719. The number of nitrogens with two attached hydrogens (primary N) is 1. The van der Waals surface area contributed by atoms with Crippen LogP contribution in [-0.2, 0) is 31.6 Å². The molecule has 0 aliphatic carbocycles. The van der Waals surface area contributed by atoms with E-state index >= 15 is 0 Å². The zero-order chi connectivity index (χ0) is 26.2. The summed E-state index contributed by atoms with van der Waals surface area (Å²) in [5, 5.41) is 21.6. The summed E-state index contributed by atoms with van der Waals surface area (Å²) in [7, 11) is -17.0. The molecule has 0 amide bonds. The number of hydrogen-bond donors (Lipinski definition) is 7. The minimum absolute atomic E-state index is 0.00343. The summed E-state index contributed by atoms with van der Waals surface area (Å²) in [4.78, 5) is 47.5. The van der Waals surface area contributed by atoms with Crippen molar-refractivity contribution in [3.63, 3.8) is 0 Å². The number of phosphoric ester groups is 1. The third-order valence-corrected chi connectivity index (χ3v) is 8.05. The fraction of sp³-hybridized carbons (Fsp3) is 0.462. The van der Waals surface area contributed by atoms with Gasteiger partial charge in [0.25, 0.3) is 0 Å². The molecule has 0 spiro atoms. The van der Waals surface area contributed by atoms with Crippen molar-refractivity contribution < 1.29 is 65.8 Å². The molecule has 0 bridgehead atoms. The first-order valence-corrected chi connectivity index (χ1v) is 13.4. The summed E-state index contributed by atoms with van der Waals surface area (Å²) >= 11 is 0. The molecule has 0 saturated carbocycles. The number of phosphoric acid groups is 3. The summed E-state index contributed by atoms with van der Waals surface area (Å²) in [5.41, 5.74) is 3.16. The third-order valence-electron chi connectivity index (χ3n) is 4.24. The average Bonchev–Trinajstić information content (AvgIpc) is 3.21. The quantitative estimate of drug-likeness (QED) is 0.145. The lowest BCUT2D eigenvalue weighted by Gasteiger charge is -2.26. The smallest absolute Gasteiger partial charge is 0.386 e. The van der Waals surface area contributed by atoms with Crippen LogP contribution >= 0.6 is 23.5 Å². The Kier molecular flexibility index (Phi) is 7.83. The molecule has 1 fully saturated rings. The summed E-state index contributed by atoms with van der Waals surface area (Å²) < 4.78 is 64.9. The molecular weight excluding hydrogens is 546 g/mol. The van der Waals surface area contributed by atoms with Crippen LogP contribution in [0.2, 0.25) is 0 Å². The molecule has 3 heterocycles. The number of ether oxygens (including phenoxy) is 1. The van der Waals surface area contributed by atoms with Gasteiger partial charge < -0.3 is 40.3 Å². The van der Waals surface area contributed by atoms with E-state index in [4.69, 9.17) is 20.3 Å². The minimum atomic E-state index is -5.79. The number of anilines is 1. The zero-order valence-corrected chi connectivity index (χ0v) is 19.6. The average molecular weight is 563 g/mol. The van der Waals surface area contributed by atoms with Crippen LogP contribution in [0, 0.1) is 11.8 Å². The molecule has 1 saturated heterocycles. The predicted molar refractivity (Wildman–Crippen MR) is 108 cm³/mol. The van der Waals surface area contributed by atoms with Crippen LogP contribution in [0.1, 0.15) is 6.23 Å². The first-order valence-electron chi connectivity index (χ1n) is 8.92. The van der Waals surface area contributed by atoms with E-state index in [1.807, 2.05) is 5.92 Å². The van der Waals surface area contributed by atoms with Gasteiger partial charge in [-0.25, -0.2) is 28.1 Å². The largest absolute Gasteiger partial charge is 0.490 e. The molecule has 22 heteroatoms. The fourth-order valence-corrected chi connectivity index (χ4v) is 6.00. The number of alkyl halides is 1. The van der Waals surface area contributed by atoms with E-state index in [2.05, 4.69) is 34.0 Å². The van der Waals surface area contributed by atoms with Crippen LogP contribution in [0.15, 0.2) is 12.5 Å².